The molecule has 0 fully saturated rings. The standard InChI is InChI=1S/C7H15NO3/c1-5(2)11-7(9)6(8)4-10-3/h5-6H,4,8H2,1-3H3/t6-/m0/s1. The molecule has 0 aromatic heterocycles. The molecule has 0 spiro atoms. The molecular formula is C7H15NO3. The number of hydrogen-bond donors (Lipinski definition) is 1. The van der Waals surface area contributed by atoms with Crippen molar-refractivity contribution in [2.24, 2.45) is 5.73 Å². The van der Waals surface area contributed by atoms with Crippen LogP contribution in [0.3, 0.4) is 0 Å². The molecule has 0 aromatic rings. The molecule has 0 rings (SSSR count). The largest absolute Gasteiger partial charge is 0.462 e. The van der Waals surface area contributed by atoms with E-state index >= 15 is 0 Å². The lowest BCUT2D eigenvalue weighted by Gasteiger charge is -2.12. The van der Waals surface area contributed by atoms with Crippen LogP contribution in [0.5, 0.6) is 0 Å². The Bertz CT molecular complexity index is 125. The smallest absolute Gasteiger partial charge is 0.325 e. The normalized spacial score (nSPS) is 13.2. The summed E-state index contributed by atoms with van der Waals surface area (Å²) in [5.41, 5.74) is 5.38. The second kappa shape index (κ2) is 5.09. The van der Waals surface area contributed by atoms with Crippen molar-refractivity contribution in [2.45, 2.75) is 26.0 Å². The van der Waals surface area contributed by atoms with Gasteiger partial charge >= 0.3 is 5.97 Å². The van der Waals surface area contributed by atoms with E-state index in [1.165, 1.54) is 7.11 Å². The van der Waals surface area contributed by atoms with Gasteiger partial charge in [0, 0.05) is 7.11 Å². The van der Waals surface area contributed by atoms with E-state index < -0.39 is 12.0 Å². The van der Waals surface area contributed by atoms with Crippen LogP contribution in [0, 0.1) is 0 Å². The minimum atomic E-state index is -0.664. The van der Waals surface area contributed by atoms with Crippen LogP contribution in [0.25, 0.3) is 0 Å². The van der Waals surface area contributed by atoms with Crippen molar-refractivity contribution in [3.63, 3.8) is 0 Å². The average molecular weight is 161 g/mol. The third kappa shape index (κ3) is 4.75. The van der Waals surface area contributed by atoms with E-state index in [1.54, 1.807) is 13.8 Å². The predicted molar refractivity (Wildman–Crippen MR) is 41.1 cm³/mol. The van der Waals surface area contributed by atoms with Crippen molar-refractivity contribution >= 4 is 5.97 Å². The van der Waals surface area contributed by atoms with Gasteiger partial charge in [-0.15, -0.1) is 0 Å². The first-order valence-electron chi connectivity index (χ1n) is 3.53. The van der Waals surface area contributed by atoms with Crippen LogP contribution in [0.2, 0.25) is 0 Å². The van der Waals surface area contributed by atoms with E-state index in [0.29, 0.717) is 0 Å². The van der Waals surface area contributed by atoms with Gasteiger partial charge in [-0.2, -0.15) is 0 Å². The number of ether oxygens (including phenoxy) is 2. The summed E-state index contributed by atoms with van der Waals surface area (Å²) in [5.74, 6) is -0.415. The molecule has 0 radical (unpaired) electrons. The van der Waals surface area contributed by atoms with Crippen LogP contribution in [0.4, 0.5) is 0 Å². The predicted octanol–water partition coefficient (Wildman–Crippen LogP) is -0.0883. The van der Waals surface area contributed by atoms with Gasteiger partial charge in [0.1, 0.15) is 6.04 Å². The molecule has 66 valence electrons. The van der Waals surface area contributed by atoms with Crippen molar-refractivity contribution in [2.75, 3.05) is 13.7 Å². The van der Waals surface area contributed by atoms with Crippen molar-refractivity contribution in [3.8, 4) is 0 Å². The fraction of sp³-hybridized carbons (Fsp3) is 0.857. The van der Waals surface area contributed by atoms with Crippen LogP contribution in [0.15, 0.2) is 0 Å². The average Bonchev–Trinajstić information content (AvgIpc) is 1.86. The number of carbonyl (C=O) groups is 1. The first-order chi connectivity index (χ1) is 5.07. The zero-order valence-electron chi connectivity index (χ0n) is 7.16. The quantitative estimate of drug-likeness (QED) is 0.585. The molecule has 2 N–H and O–H groups in total. The monoisotopic (exact) mass is 161 g/mol. The molecule has 0 aliphatic heterocycles. The highest BCUT2D eigenvalue weighted by Gasteiger charge is 2.15. The summed E-state index contributed by atoms with van der Waals surface area (Å²) in [7, 11) is 1.49. The Morgan fingerprint density at radius 2 is 2.09 bits per heavy atom. The van der Waals surface area contributed by atoms with Gasteiger partial charge in [0.2, 0.25) is 0 Å². The molecule has 0 amide bonds. The molecule has 0 aromatic carbocycles. The molecule has 0 bridgehead atoms. The van der Waals surface area contributed by atoms with E-state index in [9.17, 15) is 4.79 Å². The highest BCUT2D eigenvalue weighted by atomic mass is 16.5. The molecular weight excluding hydrogens is 146 g/mol. The summed E-state index contributed by atoms with van der Waals surface area (Å²) in [5, 5.41) is 0. The number of carbonyl (C=O) groups excluding carboxylic acids is 1. The van der Waals surface area contributed by atoms with Gasteiger partial charge in [0.15, 0.2) is 0 Å². The Morgan fingerprint density at radius 3 is 2.45 bits per heavy atom. The topological polar surface area (TPSA) is 61.5 Å². The maximum atomic E-state index is 10.9. The highest BCUT2D eigenvalue weighted by Crippen LogP contribution is 1.92. The summed E-state index contributed by atoms with van der Waals surface area (Å²) < 4.78 is 9.50. The van der Waals surface area contributed by atoms with Crippen molar-refractivity contribution < 1.29 is 14.3 Å². The molecule has 0 aliphatic carbocycles. The van der Waals surface area contributed by atoms with E-state index in [4.69, 9.17) is 10.5 Å². The minimum Gasteiger partial charge on any atom is -0.462 e. The fourth-order valence-corrected chi connectivity index (χ4v) is 0.567. The lowest BCUT2D eigenvalue weighted by molar-refractivity contribution is -0.150. The second-order valence-corrected chi connectivity index (χ2v) is 2.55. The number of esters is 1. The van der Waals surface area contributed by atoms with E-state index in [1.807, 2.05) is 0 Å². The number of hydrogen-bond acceptors (Lipinski definition) is 4. The van der Waals surface area contributed by atoms with Crippen molar-refractivity contribution in [1.82, 2.24) is 0 Å². The van der Waals surface area contributed by atoms with Gasteiger partial charge < -0.3 is 15.2 Å². The first-order valence-corrected chi connectivity index (χ1v) is 3.53. The molecule has 0 saturated carbocycles. The van der Waals surface area contributed by atoms with Crippen LogP contribution >= 0.6 is 0 Å². The van der Waals surface area contributed by atoms with Gasteiger partial charge in [-0.05, 0) is 13.8 Å². The summed E-state index contributed by atoms with van der Waals surface area (Å²) in [6.45, 7) is 3.75. The Hall–Kier alpha value is -0.610. The fourth-order valence-electron chi connectivity index (χ4n) is 0.567. The van der Waals surface area contributed by atoms with Crippen LogP contribution in [-0.2, 0) is 14.3 Å². The van der Waals surface area contributed by atoms with E-state index in [0.717, 1.165) is 0 Å². The maximum Gasteiger partial charge on any atom is 0.325 e. The van der Waals surface area contributed by atoms with Gasteiger partial charge in [0.05, 0.1) is 12.7 Å². The minimum absolute atomic E-state index is 0.120. The van der Waals surface area contributed by atoms with Crippen LogP contribution < -0.4 is 5.73 Å². The first kappa shape index (κ1) is 10.4. The molecule has 0 saturated heterocycles. The van der Waals surface area contributed by atoms with Gasteiger partial charge in [-0.3, -0.25) is 4.79 Å². The van der Waals surface area contributed by atoms with E-state index in [2.05, 4.69) is 4.74 Å². The molecule has 0 unspecified atom stereocenters. The van der Waals surface area contributed by atoms with Gasteiger partial charge in [-0.1, -0.05) is 0 Å². The van der Waals surface area contributed by atoms with Gasteiger partial charge in [0.25, 0.3) is 0 Å². The third-order valence-corrected chi connectivity index (χ3v) is 1.00. The maximum absolute atomic E-state index is 10.9. The SMILES string of the molecule is COC[C@H](N)C(=O)OC(C)C. The van der Waals surface area contributed by atoms with Crippen molar-refractivity contribution in [3.05, 3.63) is 0 Å². The van der Waals surface area contributed by atoms with Crippen LogP contribution in [0.1, 0.15) is 13.8 Å². The molecule has 4 nitrogen and oxygen atoms in total. The molecule has 4 heteroatoms. The Morgan fingerprint density at radius 1 is 1.55 bits per heavy atom. The molecule has 11 heavy (non-hydrogen) atoms. The Kier molecular flexibility index (Phi) is 4.81. The summed E-state index contributed by atoms with van der Waals surface area (Å²) in [4.78, 5) is 10.9. The second-order valence-electron chi connectivity index (χ2n) is 2.55. The summed E-state index contributed by atoms with van der Waals surface area (Å²) >= 11 is 0. The Labute approximate surface area is 66.7 Å². The Balaban J connectivity index is 3.64. The summed E-state index contributed by atoms with van der Waals surface area (Å²) in [6, 6.07) is -0.664. The summed E-state index contributed by atoms with van der Waals surface area (Å²) in [6.07, 6.45) is -0.120. The number of methoxy groups -OCH3 is 1. The highest BCUT2D eigenvalue weighted by molar-refractivity contribution is 5.75. The molecule has 1 atom stereocenters. The zero-order chi connectivity index (χ0) is 8.85. The molecule has 0 aliphatic rings. The number of rotatable bonds is 4. The number of nitrogens with two attached hydrogens (primary N) is 1. The lowest BCUT2D eigenvalue weighted by Crippen LogP contribution is -2.37. The third-order valence-electron chi connectivity index (χ3n) is 1.00. The zero-order valence-corrected chi connectivity index (χ0v) is 7.16. The van der Waals surface area contributed by atoms with Crippen molar-refractivity contribution in [1.29, 1.82) is 0 Å². The van der Waals surface area contributed by atoms with Gasteiger partial charge in [-0.25, -0.2) is 0 Å². The van der Waals surface area contributed by atoms with E-state index in [-0.39, 0.29) is 12.7 Å². The van der Waals surface area contributed by atoms with Crippen LogP contribution in [-0.4, -0.2) is 31.8 Å². The lowest BCUT2D eigenvalue weighted by atomic mass is 10.3. The molecule has 0 heterocycles.